The first-order valence-corrected chi connectivity index (χ1v) is 11.7. The highest BCUT2D eigenvalue weighted by Gasteiger charge is 2.35. The van der Waals surface area contributed by atoms with E-state index in [1.165, 1.54) is 16.2 Å². The van der Waals surface area contributed by atoms with Crippen LogP contribution in [0.15, 0.2) is 18.2 Å². The lowest BCUT2D eigenvalue weighted by Gasteiger charge is -2.30. The molecule has 3 N–H and O–H groups in total. The maximum atomic E-state index is 13.2. The second kappa shape index (κ2) is 8.16. The van der Waals surface area contributed by atoms with Crippen LogP contribution < -0.4 is 20.5 Å². The van der Waals surface area contributed by atoms with Gasteiger partial charge in [0, 0.05) is 10.9 Å². The average molecular weight is 442 g/mol. The average Bonchev–Trinajstić information content (AvgIpc) is 3.48. The van der Waals surface area contributed by atoms with Gasteiger partial charge in [-0.25, -0.2) is 0 Å². The van der Waals surface area contributed by atoms with E-state index >= 15 is 0 Å². The van der Waals surface area contributed by atoms with Crippen LogP contribution in [0.25, 0.3) is 0 Å². The molecule has 164 valence electrons. The fraction of sp³-hybridized carbons (Fsp3) is 0.478. The van der Waals surface area contributed by atoms with Gasteiger partial charge < -0.3 is 20.5 Å². The zero-order valence-electron chi connectivity index (χ0n) is 17.6. The van der Waals surface area contributed by atoms with Crippen molar-refractivity contribution in [3.05, 3.63) is 39.8 Å². The molecule has 31 heavy (non-hydrogen) atoms. The molecule has 2 aliphatic heterocycles. The summed E-state index contributed by atoms with van der Waals surface area (Å²) in [6, 6.07) is 5.86. The number of carbonyl (C=O) groups excluding carboxylic acids is 2. The minimum atomic E-state index is -0.460. The Kier molecular flexibility index (Phi) is 5.35. The summed E-state index contributed by atoms with van der Waals surface area (Å²) in [5, 5.41) is 3.61. The Hall–Kier alpha value is -2.58. The predicted molar refractivity (Wildman–Crippen MR) is 119 cm³/mol. The van der Waals surface area contributed by atoms with Crippen molar-refractivity contribution in [3.8, 4) is 11.5 Å². The lowest BCUT2D eigenvalue weighted by Crippen LogP contribution is -2.41. The molecule has 1 aromatic carbocycles. The second-order valence-electron chi connectivity index (χ2n) is 8.39. The van der Waals surface area contributed by atoms with Crippen molar-refractivity contribution in [2.24, 2.45) is 5.73 Å². The predicted octanol–water partition coefficient (Wildman–Crippen LogP) is 3.27. The fourth-order valence-corrected chi connectivity index (χ4v) is 6.30. The van der Waals surface area contributed by atoms with Crippen molar-refractivity contribution in [1.82, 2.24) is 4.90 Å². The number of ether oxygens (including phenoxy) is 2. The van der Waals surface area contributed by atoms with E-state index in [1.54, 1.807) is 0 Å². The Labute approximate surface area is 185 Å². The highest BCUT2D eigenvalue weighted by Crippen LogP contribution is 2.41. The van der Waals surface area contributed by atoms with Gasteiger partial charge >= 0.3 is 0 Å². The number of hydrogen-bond donors (Lipinski definition) is 2. The molecule has 0 radical (unpaired) electrons. The molecule has 1 aliphatic carbocycles. The highest BCUT2D eigenvalue weighted by molar-refractivity contribution is 7.17. The maximum absolute atomic E-state index is 13.2. The number of hydrogen-bond acceptors (Lipinski definition) is 6. The topological polar surface area (TPSA) is 93.9 Å². The zero-order valence-corrected chi connectivity index (χ0v) is 18.4. The lowest BCUT2D eigenvalue weighted by molar-refractivity contribution is -0.121. The fourth-order valence-electron chi connectivity index (χ4n) is 5.00. The van der Waals surface area contributed by atoms with Crippen LogP contribution in [0.4, 0.5) is 5.00 Å². The smallest absolute Gasteiger partial charge is 0.251 e. The largest absolute Gasteiger partial charge is 0.486 e. The Morgan fingerprint density at radius 3 is 2.81 bits per heavy atom. The Balaban J connectivity index is 1.34. The van der Waals surface area contributed by atoms with E-state index in [0.717, 1.165) is 61.3 Å². The summed E-state index contributed by atoms with van der Waals surface area (Å²) in [4.78, 5) is 28.6. The molecule has 8 heteroatoms. The normalized spacial score (nSPS) is 21.0. The van der Waals surface area contributed by atoms with E-state index in [9.17, 15) is 9.59 Å². The molecule has 0 saturated carbocycles. The van der Waals surface area contributed by atoms with E-state index in [1.807, 2.05) is 19.1 Å². The van der Waals surface area contributed by atoms with Crippen LogP contribution in [0.2, 0.25) is 0 Å². The Morgan fingerprint density at radius 2 is 2.00 bits per heavy atom. The molecule has 2 amide bonds. The summed E-state index contributed by atoms with van der Waals surface area (Å²) in [6.45, 7) is 3.89. The number of nitrogens with two attached hydrogens (primary N) is 1. The van der Waals surface area contributed by atoms with Crippen molar-refractivity contribution in [2.75, 3.05) is 25.1 Å². The number of thiophene rings is 1. The third-order valence-electron chi connectivity index (χ3n) is 6.53. The molecule has 2 atom stereocenters. The molecule has 7 nitrogen and oxygen atoms in total. The van der Waals surface area contributed by atoms with Gasteiger partial charge in [-0.1, -0.05) is 6.07 Å². The number of primary amides is 1. The third kappa shape index (κ3) is 3.68. The lowest BCUT2D eigenvalue weighted by atomic mass is 10.0. The zero-order chi connectivity index (χ0) is 21.5. The molecular formula is C23H27N3O4S. The highest BCUT2D eigenvalue weighted by atomic mass is 32.1. The van der Waals surface area contributed by atoms with Crippen LogP contribution in [0.5, 0.6) is 11.5 Å². The number of nitrogens with one attached hydrogen (secondary N) is 1. The van der Waals surface area contributed by atoms with Gasteiger partial charge in [0.25, 0.3) is 5.91 Å². The van der Waals surface area contributed by atoms with Gasteiger partial charge in [0.15, 0.2) is 11.5 Å². The first-order chi connectivity index (χ1) is 15.0. The van der Waals surface area contributed by atoms with Crippen LogP contribution in [-0.2, 0) is 17.6 Å². The molecule has 0 bridgehead atoms. The van der Waals surface area contributed by atoms with Crippen molar-refractivity contribution in [2.45, 2.75) is 51.1 Å². The SMILES string of the molecule is CC(C(=O)Nc1sc2c(c1C(N)=O)CCC2)N1CCCC1c1ccc2c(c1)OCCO2. The van der Waals surface area contributed by atoms with Gasteiger partial charge in [0.1, 0.15) is 18.2 Å². The van der Waals surface area contributed by atoms with E-state index in [2.05, 4.69) is 16.3 Å². The minimum absolute atomic E-state index is 0.105. The number of carbonyl (C=O) groups is 2. The molecular weight excluding hydrogens is 414 g/mol. The molecule has 3 aliphatic rings. The first kappa shape index (κ1) is 20.3. The number of amides is 2. The third-order valence-corrected chi connectivity index (χ3v) is 7.73. The molecule has 0 spiro atoms. The van der Waals surface area contributed by atoms with Crippen molar-refractivity contribution in [1.29, 1.82) is 0 Å². The molecule has 3 heterocycles. The Morgan fingerprint density at radius 1 is 1.19 bits per heavy atom. The molecule has 1 aromatic heterocycles. The number of fused-ring (bicyclic) bond motifs is 2. The number of rotatable bonds is 5. The van der Waals surface area contributed by atoms with Crippen LogP contribution in [-0.4, -0.2) is 42.5 Å². The molecule has 2 unspecified atom stereocenters. The number of anilines is 1. The number of aryl methyl sites for hydroxylation is 1. The van der Waals surface area contributed by atoms with Gasteiger partial charge in [-0.2, -0.15) is 0 Å². The van der Waals surface area contributed by atoms with Gasteiger partial charge in [-0.3, -0.25) is 14.5 Å². The monoisotopic (exact) mass is 441 g/mol. The number of benzene rings is 1. The Bertz CT molecular complexity index is 1030. The minimum Gasteiger partial charge on any atom is -0.486 e. The van der Waals surface area contributed by atoms with Crippen molar-refractivity contribution < 1.29 is 19.1 Å². The van der Waals surface area contributed by atoms with Gasteiger partial charge in [0.2, 0.25) is 5.91 Å². The summed E-state index contributed by atoms with van der Waals surface area (Å²) >= 11 is 1.50. The molecule has 5 rings (SSSR count). The maximum Gasteiger partial charge on any atom is 0.251 e. The van der Waals surface area contributed by atoms with Crippen molar-refractivity contribution >= 4 is 28.2 Å². The van der Waals surface area contributed by atoms with E-state index in [0.29, 0.717) is 23.8 Å². The van der Waals surface area contributed by atoms with E-state index in [4.69, 9.17) is 15.2 Å². The summed E-state index contributed by atoms with van der Waals surface area (Å²) in [5.74, 6) is 0.978. The number of likely N-dealkylation sites (tertiary alicyclic amines) is 1. The van der Waals surface area contributed by atoms with Gasteiger partial charge in [-0.05, 0) is 68.8 Å². The van der Waals surface area contributed by atoms with Gasteiger partial charge in [0.05, 0.1) is 11.6 Å². The molecule has 1 fully saturated rings. The summed E-state index contributed by atoms with van der Waals surface area (Å²) < 4.78 is 11.4. The van der Waals surface area contributed by atoms with E-state index in [-0.39, 0.29) is 18.0 Å². The van der Waals surface area contributed by atoms with Crippen molar-refractivity contribution in [3.63, 3.8) is 0 Å². The standard InChI is InChI=1S/C23H27N3O4S/c1-13(22(28)25-23-20(21(24)27)15-4-2-6-19(15)31-23)26-9-3-5-16(26)14-7-8-17-18(12-14)30-11-10-29-17/h7-8,12-13,16H,2-6,9-11H2,1H3,(H2,24,27)(H,25,28). The quantitative estimate of drug-likeness (QED) is 0.743. The van der Waals surface area contributed by atoms with Crippen LogP contribution in [0.1, 0.15) is 58.6 Å². The summed E-state index contributed by atoms with van der Waals surface area (Å²) in [5.41, 5.74) is 8.30. The van der Waals surface area contributed by atoms with E-state index < -0.39 is 5.91 Å². The molecule has 2 aromatic rings. The molecule has 1 saturated heterocycles. The van der Waals surface area contributed by atoms with Gasteiger partial charge in [-0.15, -0.1) is 11.3 Å². The van der Waals surface area contributed by atoms with Crippen LogP contribution in [0, 0.1) is 0 Å². The summed E-state index contributed by atoms with van der Waals surface area (Å²) in [6.07, 6.45) is 4.85. The van der Waals surface area contributed by atoms with Crippen LogP contribution >= 0.6 is 11.3 Å². The summed E-state index contributed by atoms with van der Waals surface area (Å²) in [7, 11) is 0. The second-order valence-corrected chi connectivity index (χ2v) is 9.50. The number of nitrogens with zero attached hydrogens (tertiary/aromatic N) is 1. The van der Waals surface area contributed by atoms with Crippen LogP contribution in [0.3, 0.4) is 0 Å². The first-order valence-electron chi connectivity index (χ1n) is 10.9.